The Kier molecular flexibility index (Phi) is 4.17. The van der Waals surface area contributed by atoms with E-state index in [9.17, 15) is 4.79 Å². The standard InChI is InChI=1S/C17H21N5O2/c23-17(20-13-6-8-24-15(9-13)12-4-5-12)21-14-10-19-22(11-14)16-3-1-2-7-18-16/h1-3,7,10-13,15H,4-6,8-9H2,(H2,20,21,23). The molecular weight excluding hydrogens is 306 g/mol. The molecule has 0 aromatic carbocycles. The second-order valence-electron chi connectivity index (χ2n) is 6.43. The van der Waals surface area contributed by atoms with Gasteiger partial charge in [0.15, 0.2) is 5.82 Å². The lowest BCUT2D eigenvalue weighted by atomic mass is 10.0. The van der Waals surface area contributed by atoms with E-state index in [1.165, 1.54) is 12.8 Å². The van der Waals surface area contributed by atoms with Crippen molar-refractivity contribution < 1.29 is 9.53 Å². The number of carbonyl (C=O) groups excluding carboxylic acids is 1. The molecule has 2 aromatic heterocycles. The molecule has 2 aliphatic rings. The fraction of sp³-hybridized carbons (Fsp3) is 0.471. The molecule has 0 radical (unpaired) electrons. The molecule has 2 unspecified atom stereocenters. The number of ether oxygens (including phenoxy) is 1. The number of rotatable bonds is 4. The summed E-state index contributed by atoms with van der Waals surface area (Å²) in [5.74, 6) is 1.41. The van der Waals surface area contributed by atoms with Gasteiger partial charge in [0, 0.05) is 18.8 Å². The molecule has 7 nitrogen and oxygen atoms in total. The van der Waals surface area contributed by atoms with Gasteiger partial charge >= 0.3 is 6.03 Å². The number of hydrogen-bond donors (Lipinski definition) is 2. The van der Waals surface area contributed by atoms with Crippen LogP contribution in [0.15, 0.2) is 36.8 Å². The van der Waals surface area contributed by atoms with Crippen molar-refractivity contribution in [1.82, 2.24) is 20.1 Å². The highest BCUT2D eigenvalue weighted by Gasteiger charge is 2.36. The molecule has 0 bridgehead atoms. The predicted molar refractivity (Wildman–Crippen MR) is 89.0 cm³/mol. The second kappa shape index (κ2) is 6.60. The molecule has 1 saturated carbocycles. The number of nitrogens with zero attached hydrogens (tertiary/aromatic N) is 3. The Balaban J connectivity index is 1.32. The van der Waals surface area contributed by atoms with Gasteiger partial charge in [-0.3, -0.25) is 0 Å². The zero-order chi connectivity index (χ0) is 16.4. The number of anilines is 1. The van der Waals surface area contributed by atoms with Crippen LogP contribution >= 0.6 is 0 Å². The first kappa shape index (κ1) is 15.1. The molecule has 3 heterocycles. The first-order valence-electron chi connectivity index (χ1n) is 8.43. The van der Waals surface area contributed by atoms with Crippen molar-refractivity contribution in [3.63, 3.8) is 0 Å². The maximum absolute atomic E-state index is 12.2. The van der Waals surface area contributed by atoms with Crippen molar-refractivity contribution >= 4 is 11.7 Å². The van der Waals surface area contributed by atoms with Gasteiger partial charge in [-0.2, -0.15) is 5.10 Å². The molecule has 24 heavy (non-hydrogen) atoms. The molecule has 2 atom stereocenters. The first-order valence-corrected chi connectivity index (χ1v) is 8.43. The van der Waals surface area contributed by atoms with E-state index in [2.05, 4.69) is 20.7 Å². The Labute approximate surface area is 140 Å². The van der Waals surface area contributed by atoms with Gasteiger partial charge in [-0.25, -0.2) is 14.5 Å². The van der Waals surface area contributed by atoms with Crippen LogP contribution in [0, 0.1) is 5.92 Å². The van der Waals surface area contributed by atoms with Crippen LogP contribution in [0.5, 0.6) is 0 Å². The normalized spacial score (nSPS) is 23.7. The summed E-state index contributed by atoms with van der Waals surface area (Å²) in [6.07, 6.45) is 9.68. The summed E-state index contributed by atoms with van der Waals surface area (Å²) in [4.78, 5) is 16.4. The highest BCUT2D eigenvalue weighted by Crippen LogP contribution is 2.38. The van der Waals surface area contributed by atoms with Gasteiger partial charge in [-0.15, -0.1) is 0 Å². The molecule has 0 spiro atoms. The minimum Gasteiger partial charge on any atom is -0.378 e. The average Bonchev–Trinajstić information content (AvgIpc) is 3.36. The minimum absolute atomic E-state index is 0.176. The number of amides is 2. The molecule has 2 fully saturated rings. The van der Waals surface area contributed by atoms with Crippen LogP contribution in [0.25, 0.3) is 5.82 Å². The third kappa shape index (κ3) is 3.56. The van der Waals surface area contributed by atoms with E-state index in [1.807, 2.05) is 18.2 Å². The van der Waals surface area contributed by atoms with E-state index >= 15 is 0 Å². The van der Waals surface area contributed by atoms with E-state index in [0.717, 1.165) is 19.4 Å². The summed E-state index contributed by atoms with van der Waals surface area (Å²) >= 11 is 0. The quantitative estimate of drug-likeness (QED) is 0.903. The SMILES string of the molecule is O=C(Nc1cnn(-c2ccccn2)c1)NC1CCOC(C2CC2)C1. The molecule has 1 aliphatic carbocycles. The zero-order valence-electron chi connectivity index (χ0n) is 13.4. The Hall–Kier alpha value is -2.41. The lowest BCUT2D eigenvalue weighted by Gasteiger charge is -2.30. The molecule has 126 valence electrons. The maximum atomic E-state index is 12.2. The number of pyridine rings is 1. The van der Waals surface area contributed by atoms with E-state index in [4.69, 9.17) is 4.74 Å². The molecule has 2 N–H and O–H groups in total. The molecule has 2 aromatic rings. The van der Waals surface area contributed by atoms with Gasteiger partial charge in [0.05, 0.1) is 24.2 Å². The van der Waals surface area contributed by atoms with Gasteiger partial charge in [0.2, 0.25) is 0 Å². The molecule has 2 amide bonds. The smallest absolute Gasteiger partial charge is 0.319 e. The largest absolute Gasteiger partial charge is 0.378 e. The summed E-state index contributed by atoms with van der Waals surface area (Å²) in [5.41, 5.74) is 0.643. The van der Waals surface area contributed by atoms with Gasteiger partial charge in [-0.05, 0) is 43.7 Å². The predicted octanol–water partition coefficient (Wildman–Crippen LogP) is 2.35. The van der Waals surface area contributed by atoms with Crippen molar-refractivity contribution in [1.29, 1.82) is 0 Å². The zero-order valence-corrected chi connectivity index (χ0v) is 13.4. The third-order valence-electron chi connectivity index (χ3n) is 4.52. The second-order valence-corrected chi connectivity index (χ2v) is 6.43. The fourth-order valence-electron chi connectivity index (χ4n) is 3.11. The Morgan fingerprint density at radius 1 is 1.29 bits per heavy atom. The lowest BCUT2D eigenvalue weighted by Crippen LogP contribution is -2.44. The van der Waals surface area contributed by atoms with Gasteiger partial charge in [0.25, 0.3) is 0 Å². The van der Waals surface area contributed by atoms with E-state index < -0.39 is 0 Å². The van der Waals surface area contributed by atoms with Crippen LogP contribution in [0.1, 0.15) is 25.7 Å². The summed E-state index contributed by atoms with van der Waals surface area (Å²) in [6, 6.07) is 5.58. The van der Waals surface area contributed by atoms with Gasteiger partial charge in [-0.1, -0.05) is 6.07 Å². The van der Waals surface area contributed by atoms with Crippen LogP contribution in [-0.2, 0) is 4.74 Å². The molecule has 1 saturated heterocycles. The monoisotopic (exact) mass is 327 g/mol. The first-order chi connectivity index (χ1) is 11.8. The summed E-state index contributed by atoms with van der Waals surface area (Å²) in [5, 5.41) is 10.1. The molecule has 1 aliphatic heterocycles. The van der Waals surface area contributed by atoms with Gasteiger partial charge in [0.1, 0.15) is 0 Å². The summed E-state index contributed by atoms with van der Waals surface area (Å²) in [6.45, 7) is 0.726. The highest BCUT2D eigenvalue weighted by molar-refractivity contribution is 5.89. The highest BCUT2D eigenvalue weighted by atomic mass is 16.5. The van der Waals surface area contributed by atoms with Crippen LogP contribution in [0.4, 0.5) is 10.5 Å². The number of nitrogens with one attached hydrogen (secondary N) is 2. The van der Waals surface area contributed by atoms with Gasteiger partial charge < -0.3 is 15.4 Å². The summed E-state index contributed by atoms with van der Waals surface area (Å²) < 4.78 is 7.42. The van der Waals surface area contributed by atoms with E-state index in [0.29, 0.717) is 23.5 Å². The van der Waals surface area contributed by atoms with Crippen molar-refractivity contribution in [2.45, 2.75) is 37.8 Å². The molecule has 4 rings (SSSR count). The van der Waals surface area contributed by atoms with Crippen LogP contribution in [0.2, 0.25) is 0 Å². The minimum atomic E-state index is -0.197. The van der Waals surface area contributed by atoms with Crippen molar-refractivity contribution in [3.8, 4) is 5.82 Å². The third-order valence-corrected chi connectivity index (χ3v) is 4.52. The average molecular weight is 327 g/mol. The molecule has 7 heteroatoms. The van der Waals surface area contributed by atoms with Crippen LogP contribution in [-0.4, -0.2) is 39.5 Å². The van der Waals surface area contributed by atoms with E-state index in [-0.39, 0.29) is 12.1 Å². The van der Waals surface area contributed by atoms with Crippen LogP contribution < -0.4 is 10.6 Å². The lowest BCUT2D eigenvalue weighted by molar-refractivity contribution is -0.00889. The fourth-order valence-corrected chi connectivity index (χ4v) is 3.11. The maximum Gasteiger partial charge on any atom is 0.319 e. The van der Waals surface area contributed by atoms with Crippen molar-refractivity contribution in [3.05, 3.63) is 36.8 Å². The van der Waals surface area contributed by atoms with Crippen molar-refractivity contribution in [2.75, 3.05) is 11.9 Å². The Bertz CT molecular complexity index is 698. The topological polar surface area (TPSA) is 81.1 Å². The number of carbonyl (C=O) groups is 1. The van der Waals surface area contributed by atoms with Crippen LogP contribution in [0.3, 0.4) is 0 Å². The van der Waals surface area contributed by atoms with Crippen molar-refractivity contribution in [2.24, 2.45) is 5.92 Å². The Morgan fingerprint density at radius 3 is 3.00 bits per heavy atom. The van der Waals surface area contributed by atoms with E-state index in [1.54, 1.807) is 23.3 Å². The summed E-state index contributed by atoms with van der Waals surface area (Å²) in [7, 11) is 0. The number of hydrogen-bond acceptors (Lipinski definition) is 4. The Morgan fingerprint density at radius 2 is 2.21 bits per heavy atom. The number of aromatic nitrogens is 3. The molecular formula is C17H21N5O2. The number of urea groups is 1.